The van der Waals surface area contributed by atoms with E-state index in [0.29, 0.717) is 5.25 Å². The Morgan fingerprint density at radius 1 is 1.44 bits per heavy atom. The molecule has 0 aliphatic heterocycles. The summed E-state index contributed by atoms with van der Waals surface area (Å²) in [6.45, 7) is 0. The van der Waals surface area contributed by atoms with Crippen LogP contribution >= 0.6 is 35.2 Å². The number of halogens is 1. The summed E-state index contributed by atoms with van der Waals surface area (Å²) in [5.74, 6) is 0. The summed E-state index contributed by atoms with van der Waals surface area (Å²) in [6.07, 6.45) is 3.93. The highest BCUT2D eigenvalue weighted by molar-refractivity contribution is 14.1. The van der Waals surface area contributed by atoms with Crippen LogP contribution in [0.3, 0.4) is 0 Å². The van der Waals surface area contributed by atoms with Gasteiger partial charge in [0.15, 0.2) is 0 Å². The molecule has 0 radical (unpaired) electrons. The van der Waals surface area contributed by atoms with Gasteiger partial charge in [0.05, 0.1) is 0 Å². The normalized spacial score (nSPS) is 45.0. The van der Waals surface area contributed by atoms with Crippen molar-refractivity contribution in [3.63, 3.8) is 0 Å². The Bertz CT molecular complexity index is 95.2. The Hall–Kier alpha value is 1.04. The van der Waals surface area contributed by atoms with Crippen LogP contribution < -0.4 is 0 Å². The van der Waals surface area contributed by atoms with Crippen molar-refractivity contribution in [1.82, 2.24) is 0 Å². The van der Waals surface area contributed by atoms with Gasteiger partial charge in [-0.05, 0) is 48.3 Å². The first-order chi connectivity index (χ1) is 4.10. The van der Waals surface area contributed by atoms with Crippen LogP contribution in [0.15, 0.2) is 0 Å². The zero-order valence-electron chi connectivity index (χ0n) is 5.18. The molecule has 1 aliphatic carbocycles. The van der Waals surface area contributed by atoms with E-state index in [4.69, 9.17) is 0 Å². The minimum Gasteiger partial charge on any atom is -0.380 e. The highest BCUT2D eigenvalue weighted by atomic mass is 127. The average molecular weight is 258 g/mol. The lowest BCUT2D eigenvalue weighted by atomic mass is 9.97. The smallest absolute Gasteiger partial charge is 0.115 e. The molecule has 54 valence electrons. The van der Waals surface area contributed by atoms with E-state index in [9.17, 15) is 5.11 Å². The van der Waals surface area contributed by atoms with Gasteiger partial charge >= 0.3 is 0 Å². The van der Waals surface area contributed by atoms with E-state index in [1.54, 1.807) is 0 Å². The molecule has 3 heteroatoms. The molecule has 0 saturated heterocycles. The summed E-state index contributed by atoms with van der Waals surface area (Å²) >= 11 is 6.45. The molecule has 1 rings (SSSR count). The van der Waals surface area contributed by atoms with Crippen molar-refractivity contribution in [2.24, 2.45) is 0 Å². The molecule has 0 heterocycles. The molecular weight excluding hydrogens is 247 g/mol. The van der Waals surface area contributed by atoms with Crippen LogP contribution in [0.2, 0.25) is 0 Å². The van der Waals surface area contributed by atoms with Crippen LogP contribution in [0.1, 0.15) is 25.7 Å². The van der Waals surface area contributed by atoms with E-state index in [1.165, 1.54) is 0 Å². The predicted molar refractivity (Wildman–Crippen MR) is 50.2 cm³/mol. The Balaban J connectivity index is 2.35. The molecule has 1 saturated carbocycles. The van der Waals surface area contributed by atoms with Crippen molar-refractivity contribution in [1.29, 1.82) is 0 Å². The van der Waals surface area contributed by atoms with Crippen molar-refractivity contribution in [3.05, 3.63) is 0 Å². The maximum Gasteiger partial charge on any atom is 0.115 e. The second kappa shape index (κ2) is 2.96. The van der Waals surface area contributed by atoms with E-state index in [0.717, 1.165) is 25.7 Å². The van der Waals surface area contributed by atoms with Crippen LogP contribution in [-0.4, -0.2) is 14.0 Å². The van der Waals surface area contributed by atoms with Crippen molar-refractivity contribution in [3.8, 4) is 0 Å². The Morgan fingerprint density at radius 2 is 1.89 bits per heavy atom. The highest BCUT2D eigenvalue weighted by Crippen LogP contribution is 2.35. The summed E-state index contributed by atoms with van der Waals surface area (Å²) < 4.78 is -0.420. The maximum atomic E-state index is 9.44. The molecule has 0 spiro atoms. The minimum atomic E-state index is -0.420. The second-order valence-corrected chi connectivity index (χ2v) is 5.39. The summed E-state index contributed by atoms with van der Waals surface area (Å²) in [6, 6.07) is 0. The fourth-order valence-corrected chi connectivity index (χ4v) is 1.93. The van der Waals surface area contributed by atoms with Gasteiger partial charge in [-0.2, -0.15) is 12.6 Å². The Labute approximate surface area is 74.8 Å². The molecule has 0 bridgehead atoms. The van der Waals surface area contributed by atoms with E-state index in [2.05, 4.69) is 35.2 Å². The van der Waals surface area contributed by atoms with Gasteiger partial charge in [0.25, 0.3) is 0 Å². The molecule has 1 aliphatic rings. The first-order valence-corrected chi connectivity index (χ1v) is 4.79. The molecule has 1 N–H and O–H groups in total. The first-order valence-electron chi connectivity index (χ1n) is 3.19. The van der Waals surface area contributed by atoms with Gasteiger partial charge in [0.2, 0.25) is 0 Å². The molecule has 0 aromatic carbocycles. The van der Waals surface area contributed by atoms with E-state index in [1.807, 2.05) is 0 Å². The van der Waals surface area contributed by atoms with Crippen LogP contribution in [0.25, 0.3) is 0 Å². The zero-order valence-corrected chi connectivity index (χ0v) is 8.23. The van der Waals surface area contributed by atoms with Crippen LogP contribution in [0.5, 0.6) is 0 Å². The van der Waals surface area contributed by atoms with Gasteiger partial charge in [-0.3, -0.25) is 0 Å². The van der Waals surface area contributed by atoms with Gasteiger partial charge in [0.1, 0.15) is 3.61 Å². The average Bonchev–Trinajstić information content (AvgIpc) is 1.78. The third-order valence-corrected chi connectivity index (χ3v) is 3.32. The lowest BCUT2D eigenvalue weighted by Crippen LogP contribution is -2.27. The monoisotopic (exact) mass is 258 g/mol. The van der Waals surface area contributed by atoms with E-state index < -0.39 is 3.61 Å². The predicted octanol–water partition coefficient (Wildman–Crippen LogP) is 1.98. The Kier molecular flexibility index (Phi) is 2.68. The molecule has 1 fully saturated rings. The van der Waals surface area contributed by atoms with Crippen molar-refractivity contribution < 1.29 is 5.11 Å². The first kappa shape index (κ1) is 8.14. The molecule has 9 heavy (non-hydrogen) atoms. The van der Waals surface area contributed by atoms with Gasteiger partial charge < -0.3 is 5.11 Å². The number of rotatable bonds is 0. The fourth-order valence-electron chi connectivity index (χ4n) is 1.04. The Morgan fingerprint density at radius 3 is 2.22 bits per heavy atom. The second-order valence-electron chi connectivity index (χ2n) is 2.65. The molecular formula is C6H11IOS. The quantitative estimate of drug-likeness (QED) is 0.387. The van der Waals surface area contributed by atoms with Crippen molar-refractivity contribution in [2.75, 3.05) is 0 Å². The van der Waals surface area contributed by atoms with Crippen molar-refractivity contribution in [2.45, 2.75) is 34.5 Å². The summed E-state index contributed by atoms with van der Waals surface area (Å²) in [4.78, 5) is 0. The molecule has 1 nitrogen and oxygen atoms in total. The molecule has 0 aromatic rings. The molecule has 0 aromatic heterocycles. The van der Waals surface area contributed by atoms with E-state index in [-0.39, 0.29) is 0 Å². The van der Waals surface area contributed by atoms with Crippen LogP contribution in [-0.2, 0) is 0 Å². The lowest BCUT2D eigenvalue weighted by Gasteiger charge is -2.28. The van der Waals surface area contributed by atoms with Crippen LogP contribution in [0.4, 0.5) is 0 Å². The standard InChI is InChI=1S/C6H11IOS/c7-6(8)3-1-5(9)2-4-6/h5,8-9H,1-4H2. The largest absolute Gasteiger partial charge is 0.380 e. The van der Waals surface area contributed by atoms with Gasteiger partial charge in [0, 0.05) is 5.25 Å². The maximum absolute atomic E-state index is 9.44. The minimum absolute atomic E-state index is 0.420. The number of aliphatic hydroxyl groups is 1. The number of hydrogen-bond acceptors (Lipinski definition) is 2. The number of thiol groups is 1. The van der Waals surface area contributed by atoms with Gasteiger partial charge in [-0.1, -0.05) is 0 Å². The fraction of sp³-hybridized carbons (Fsp3) is 1.00. The number of alkyl halides is 1. The van der Waals surface area contributed by atoms with E-state index >= 15 is 0 Å². The summed E-state index contributed by atoms with van der Waals surface area (Å²) in [5, 5.41) is 9.97. The third kappa shape index (κ3) is 2.63. The molecule has 0 unspecified atom stereocenters. The van der Waals surface area contributed by atoms with Crippen LogP contribution in [0, 0.1) is 0 Å². The summed E-state index contributed by atoms with van der Waals surface area (Å²) in [7, 11) is 0. The molecule has 0 atom stereocenters. The zero-order chi connectivity index (χ0) is 6.91. The van der Waals surface area contributed by atoms with Gasteiger partial charge in [-0.15, -0.1) is 0 Å². The van der Waals surface area contributed by atoms with Crippen molar-refractivity contribution >= 4 is 35.2 Å². The summed E-state index contributed by atoms with van der Waals surface area (Å²) in [5.41, 5.74) is 0. The topological polar surface area (TPSA) is 20.2 Å². The number of hydrogen-bond donors (Lipinski definition) is 2. The molecule has 0 amide bonds. The highest BCUT2D eigenvalue weighted by Gasteiger charge is 2.28. The lowest BCUT2D eigenvalue weighted by molar-refractivity contribution is 0.115. The van der Waals surface area contributed by atoms with Gasteiger partial charge in [-0.25, -0.2) is 0 Å². The SMILES string of the molecule is OC1(I)CCC(S)CC1. The third-order valence-electron chi connectivity index (χ3n) is 1.72.